The number of nitrogens with zero attached hydrogens (tertiary/aromatic N) is 1. The molecule has 2 atom stereocenters. The third kappa shape index (κ3) is 1.61. The lowest BCUT2D eigenvalue weighted by Crippen LogP contribution is -2.24. The van der Waals surface area contributed by atoms with Crippen LogP contribution in [-0.4, -0.2) is 29.6 Å². The molecule has 1 aliphatic rings. The van der Waals surface area contributed by atoms with Gasteiger partial charge in [-0.2, -0.15) is 0 Å². The van der Waals surface area contributed by atoms with Gasteiger partial charge in [0, 0.05) is 24.2 Å². The van der Waals surface area contributed by atoms with Crippen LogP contribution in [0.1, 0.15) is 18.0 Å². The van der Waals surface area contributed by atoms with Crippen molar-refractivity contribution >= 4 is 0 Å². The van der Waals surface area contributed by atoms with Gasteiger partial charge >= 0.3 is 0 Å². The van der Waals surface area contributed by atoms with Gasteiger partial charge in [-0.3, -0.25) is 4.90 Å². The van der Waals surface area contributed by atoms with E-state index in [9.17, 15) is 5.11 Å². The van der Waals surface area contributed by atoms with Crippen molar-refractivity contribution in [2.45, 2.75) is 18.5 Å². The molecule has 14 heavy (non-hydrogen) atoms. The minimum absolute atomic E-state index is 0.226. The van der Waals surface area contributed by atoms with Crippen LogP contribution in [0.3, 0.4) is 0 Å². The van der Waals surface area contributed by atoms with Gasteiger partial charge in [-0.25, -0.2) is 0 Å². The second-order valence-electron chi connectivity index (χ2n) is 4.01. The van der Waals surface area contributed by atoms with E-state index < -0.39 is 0 Å². The molecule has 0 bridgehead atoms. The zero-order chi connectivity index (χ0) is 10.1. The van der Waals surface area contributed by atoms with Gasteiger partial charge in [0.2, 0.25) is 0 Å². The van der Waals surface area contributed by atoms with E-state index in [0.717, 1.165) is 18.5 Å². The summed E-state index contributed by atoms with van der Waals surface area (Å²) in [7, 11) is 2.05. The summed E-state index contributed by atoms with van der Waals surface area (Å²) in [5, 5.41) is 9.71. The Balaban J connectivity index is 2.27. The summed E-state index contributed by atoms with van der Waals surface area (Å²) in [6.07, 6.45) is 0.925. The lowest BCUT2D eigenvalue weighted by atomic mass is 10.0. The number of nitrogens with two attached hydrogens (primary N) is 1. The number of phenolic OH excluding ortho intramolecular Hbond substituents is 1. The van der Waals surface area contributed by atoms with E-state index in [0.29, 0.717) is 5.75 Å². The first-order valence-electron chi connectivity index (χ1n) is 4.92. The number of rotatable bonds is 1. The topological polar surface area (TPSA) is 49.5 Å². The molecule has 0 saturated carbocycles. The van der Waals surface area contributed by atoms with Crippen molar-refractivity contribution in [2.24, 2.45) is 5.73 Å². The van der Waals surface area contributed by atoms with Crippen LogP contribution in [0, 0.1) is 0 Å². The maximum absolute atomic E-state index is 9.71. The van der Waals surface area contributed by atoms with Gasteiger partial charge in [0.25, 0.3) is 0 Å². The van der Waals surface area contributed by atoms with Gasteiger partial charge in [0.1, 0.15) is 5.75 Å². The fourth-order valence-electron chi connectivity index (χ4n) is 2.17. The van der Waals surface area contributed by atoms with E-state index in [-0.39, 0.29) is 12.1 Å². The Morgan fingerprint density at radius 1 is 1.43 bits per heavy atom. The van der Waals surface area contributed by atoms with Crippen LogP contribution in [-0.2, 0) is 0 Å². The van der Waals surface area contributed by atoms with Gasteiger partial charge in [0.15, 0.2) is 0 Å². The first kappa shape index (κ1) is 9.49. The summed E-state index contributed by atoms with van der Waals surface area (Å²) in [4.78, 5) is 2.19. The highest BCUT2D eigenvalue weighted by molar-refractivity contribution is 5.35. The molecule has 3 heteroatoms. The highest BCUT2D eigenvalue weighted by atomic mass is 16.3. The molecule has 1 heterocycles. The largest absolute Gasteiger partial charge is 0.508 e. The molecular formula is C11H16N2O. The Labute approximate surface area is 84.1 Å². The van der Waals surface area contributed by atoms with Crippen LogP contribution in [0.25, 0.3) is 0 Å². The zero-order valence-electron chi connectivity index (χ0n) is 8.35. The van der Waals surface area contributed by atoms with Gasteiger partial charge < -0.3 is 10.8 Å². The Morgan fingerprint density at radius 2 is 2.14 bits per heavy atom. The smallest absolute Gasteiger partial charge is 0.120 e. The Kier molecular flexibility index (Phi) is 2.44. The average molecular weight is 192 g/mol. The summed E-state index contributed by atoms with van der Waals surface area (Å²) in [6.45, 7) is 0.902. The third-order valence-electron chi connectivity index (χ3n) is 2.88. The van der Waals surface area contributed by atoms with E-state index in [4.69, 9.17) is 5.73 Å². The van der Waals surface area contributed by atoms with Gasteiger partial charge in [-0.05, 0) is 19.5 Å². The van der Waals surface area contributed by atoms with Crippen molar-refractivity contribution in [3.8, 4) is 5.75 Å². The van der Waals surface area contributed by atoms with Crippen molar-refractivity contribution in [3.63, 3.8) is 0 Å². The predicted octanol–water partition coefficient (Wildman–Crippen LogP) is 1.10. The molecule has 3 nitrogen and oxygen atoms in total. The lowest BCUT2D eigenvalue weighted by molar-refractivity contribution is 0.308. The number of likely N-dealkylation sites (N-methyl/N-ethyl adjacent to an activating group) is 1. The minimum atomic E-state index is 0.226. The standard InChI is InChI=1S/C11H16N2O/c1-13-7-8(12)6-10(13)9-4-2-3-5-11(9)14/h2-5,8,10,14H,6-7,12H2,1H3. The molecule has 76 valence electrons. The summed E-state index contributed by atoms with van der Waals surface area (Å²) in [5.41, 5.74) is 6.87. The number of phenols is 1. The van der Waals surface area contributed by atoms with Crippen molar-refractivity contribution < 1.29 is 5.11 Å². The molecule has 1 aliphatic heterocycles. The highest BCUT2D eigenvalue weighted by Gasteiger charge is 2.29. The van der Waals surface area contributed by atoms with E-state index >= 15 is 0 Å². The molecule has 1 fully saturated rings. The second-order valence-corrected chi connectivity index (χ2v) is 4.01. The first-order valence-corrected chi connectivity index (χ1v) is 4.92. The quantitative estimate of drug-likeness (QED) is 0.700. The summed E-state index contributed by atoms with van der Waals surface area (Å²) in [5.74, 6) is 0.374. The summed E-state index contributed by atoms with van der Waals surface area (Å²) in [6, 6.07) is 7.98. The molecule has 1 aromatic rings. The van der Waals surface area contributed by atoms with Crippen LogP contribution < -0.4 is 5.73 Å². The van der Waals surface area contributed by atoms with Crippen LogP contribution in [0.2, 0.25) is 0 Å². The summed E-state index contributed by atoms with van der Waals surface area (Å²) >= 11 is 0. The normalized spacial score (nSPS) is 28.1. The Morgan fingerprint density at radius 3 is 2.71 bits per heavy atom. The Bertz CT molecular complexity index is 327. The first-order chi connectivity index (χ1) is 6.68. The number of benzene rings is 1. The fourth-order valence-corrected chi connectivity index (χ4v) is 2.17. The summed E-state index contributed by atoms with van der Waals surface area (Å²) < 4.78 is 0. The second kappa shape index (κ2) is 3.59. The van der Waals surface area contributed by atoms with Gasteiger partial charge in [-0.15, -0.1) is 0 Å². The molecule has 0 aliphatic carbocycles. The predicted molar refractivity (Wildman–Crippen MR) is 56.1 cm³/mol. The molecule has 2 rings (SSSR count). The average Bonchev–Trinajstić information content (AvgIpc) is 2.46. The highest BCUT2D eigenvalue weighted by Crippen LogP contribution is 2.34. The van der Waals surface area contributed by atoms with Gasteiger partial charge in [-0.1, -0.05) is 18.2 Å². The number of hydrogen-bond donors (Lipinski definition) is 2. The zero-order valence-corrected chi connectivity index (χ0v) is 8.35. The minimum Gasteiger partial charge on any atom is -0.508 e. The third-order valence-corrected chi connectivity index (χ3v) is 2.88. The number of para-hydroxylation sites is 1. The monoisotopic (exact) mass is 192 g/mol. The van der Waals surface area contributed by atoms with Crippen LogP contribution >= 0.6 is 0 Å². The molecule has 1 aromatic carbocycles. The number of aromatic hydroxyl groups is 1. The van der Waals surface area contributed by atoms with Crippen molar-refractivity contribution in [3.05, 3.63) is 29.8 Å². The van der Waals surface area contributed by atoms with Crippen molar-refractivity contribution in [1.29, 1.82) is 0 Å². The maximum Gasteiger partial charge on any atom is 0.120 e. The SMILES string of the molecule is CN1CC(N)CC1c1ccccc1O. The Hall–Kier alpha value is -1.06. The van der Waals surface area contributed by atoms with Crippen LogP contribution in [0.4, 0.5) is 0 Å². The molecule has 0 radical (unpaired) electrons. The lowest BCUT2D eigenvalue weighted by Gasteiger charge is -2.20. The van der Waals surface area contributed by atoms with Crippen LogP contribution in [0.15, 0.2) is 24.3 Å². The molecule has 0 aromatic heterocycles. The number of likely N-dealkylation sites (tertiary alicyclic amines) is 1. The number of hydrogen-bond acceptors (Lipinski definition) is 3. The molecule has 1 saturated heterocycles. The molecule has 0 spiro atoms. The molecular weight excluding hydrogens is 176 g/mol. The fraction of sp³-hybridized carbons (Fsp3) is 0.455. The van der Waals surface area contributed by atoms with E-state index in [2.05, 4.69) is 4.90 Å². The van der Waals surface area contributed by atoms with Crippen molar-refractivity contribution in [1.82, 2.24) is 4.90 Å². The van der Waals surface area contributed by atoms with Crippen molar-refractivity contribution in [2.75, 3.05) is 13.6 Å². The molecule has 0 amide bonds. The maximum atomic E-state index is 9.71. The van der Waals surface area contributed by atoms with E-state index in [1.165, 1.54) is 0 Å². The van der Waals surface area contributed by atoms with Gasteiger partial charge in [0.05, 0.1) is 0 Å². The van der Waals surface area contributed by atoms with Crippen LogP contribution in [0.5, 0.6) is 5.75 Å². The molecule has 3 N–H and O–H groups in total. The van der Waals surface area contributed by atoms with E-state index in [1.54, 1.807) is 6.07 Å². The molecule has 2 unspecified atom stereocenters. The van der Waals surface area contributed by atoms with E-state index in [1.807, 2.05) is 25.2 Å².